The first-order valence-electron chi connectivity index (χ1n) is 7.20. The molecular weight excluding hydrogens is 238 g/mol. The zero-order chi connectivity index (χ0) is 14.1. The van der Waals surface area contributed by atoms with Crippen molar-refractivity contribution in [2.45, 2.75) is 39.7 Å². The summed E-state index contributed by atoms with van der Waals surface area (Å²) in [4.78, 5) is 0. The Hall–Kier alpha value is -0.930. The van der Waals surface area contributed by atoms with Crippen LogP contribution >= 0.6 is 0 Å². The number of ether oxygens (including phenoxy) is 2. The fourth-order valence-corrected chi connectivity index (χ4v) is 1.91. The Balaban J connectivity index is 2.36. The van der Waals surface area contributed by atoms with Crippen LogP contribution in [0.4, 0.5) is 0 Å². The highest BCUT2D eigenvalue weighted by atomic mass is 16.5. The molecule has 0 aromatic carbocycles. The lowest BCUT2D eigenvalue weighted by Crippen LogP contribution is -2.36. The first-order chi connectivity index (χ1) is 9.15. The van der Waals surface area contributed by atoms with Gasteiger partial charge in [0.05, 0.1) is 0 Å². The first kappa shape index (κ1) is 16.1. The van der Waals surface area contributed by atoms with Gasteiger partial charge in [0, 0.05) is 32.0 Å². The van der Waals surface area contributed by atoms with Crippen LogP contribution in [0.2, 0.25) is 0 Å². The number of hydrogen-bond donors (Lipinski definition) is 0. The number of nitrogens with zero attached hydrogens (tertiary/aromatic N) is 1. The van der Waals surface area contributed by atoms with Crippen molar-refractivity contribution in [2.75, 3.05) is 26.9 Å². The highest BCUT2D eigenvalue weighted by Gasteiger charge is 2.13. The number of hydrogen-bond acceptors (Lipinski definition) is 2. The summed E-state index contributed by atoms with van der Waals surface area (Å²) in [5, 5.41) is 0. The van der Waals surface area contributed by atoms with Crippen molar-refractivity contribution in [3.63, 3.8) is 0 Å². The average Bonchev–Trinajstić information content (AvgIpc) is 2.42. The Bertz CT molecular complexity index is 352. The van der Waals surface area contributed by atoms with Crippen LogP contribution < -0.4 is 4.57 Å². The van der Waals surface area contributed by atoms with E-state index in [0.717, 1.165) is 32.8 Å². The van der Waals surface area contributed by atoms with Crippen LogP contribution in [0.3, 0.4) is 0 Å². The summed E-state index contributed by atoms with van der Waals surface area (Å²) >= 11 is 0. The third kappa shape index (κ3) is 6.17. The van der Waals surface area contributed by atoms with E-state index in [1.165, 1.54) is 5.56 Å². The van der Waals surface area contributed by atoms with Gasteiger partial charge < -0.3 is 9.47 Å². The van der Waals surface area contributed by atoms with E-state index in [2.05, 4.69) is 49.9 Å². The molecule has 0 amide bonds. The molecule has 0 aliphatic carbocycles. The molecule has 3 nitrogen and oxygen atoms in total. The summed E-state index contributed by atoms with van der Waals surface area (Å²) in [6.45, 7) is 10.0. The zero-order valence-corrected chi connectivity index (χ0v) is 12.8. The summed E-state index contributed by atoms with van der Waals surface area (Å²) in [7, 11) is 1.72. The maximum atomic E-state index is 5.59. The van der Waals surface area contributed by atoms with Crippen LogP contribution in [0.5, 0.6) is 0 Å². The van der Waals surface area contributed by atoms with Gasteiger partial charge in [-0.15, -0.1) is 0 Å². The monoisotopic (exact) mass is 266 g/mol. The molecule has 1 rings (SSSR count). The van der Waals surface area contributed by atoms with Crippen LogP contribution in [0.15, 0.2) is 24.5 Å². The molecule has 0 spiro atoms. The quantitative estimate of drug-likeness (QED) is 0.506. The lowest BCUT2D eigenvalue weighted by molar-refractivity contribution is -0.698. The minimum absolute atomic E-state index is 0.593. The molecule has 108 valence electrons. The summed E-state index contributed by atoms with van der Waals surface area (Å²) in [5.74, 6) is 1.26. The van der Waals surface area contributed by atoms with Gasteiger partial charge in [0.2, 0.25) is 0 Å². The highest BCUT2D eigenvalue weighted by Crippen LogP contribution is 2.21. The van der Waals surface area contributed by atoms with Crippen molar-refractivity contribution in [1.29, 1.82) is 0 Å². The Kier molecular flexibility index (Phi) is 7.68. The fourth-order valence-electron chi connectivity index (χ4n) is 1.91. The zero-order valence-electron chi connectivity index (χ0n) is 12.8. The normalized spacial score (nSPS) is 12.9. The van der Waals surface area contributed by atoms with Crippen LogP contribution in [0.1, 0.15) is 38.7 Å². The molecule has 1 unspecified atom stereocenters. The molecule has 19 heavy (non-hydrogen) atoms. The van der Waals surface area contributed by atoms with Crippen LogP contribution in [-0.4, -0.2) is 26.9 Å². The molecule has 1 atom stereocenters. The fraction of sp³-hybridized carbons (Fsp3) is 0.688. The van der Waals surface area contributed by atoms with E-state index in [1.807, 2.05) is 0 Å². The number of pyridine rings is 1. The predicted molar refractivity (Wildman–Crippen MR) is 77.2 cm³/mol. The first-order valence-corrected chi connectivity index (χ1v) is 7.20. The van der Waals surface area contributed by atoms with Gasteiger partial charge in [-0.1, -0.05) is 20.8 Å². The largest absolute Gasteiger partial charge is 0.385 e. The predicted octanol–water partition coefficient (Wildman–Crippen LogP) is 2.79. The number of rotatable bonds is 9. The lowest BCUT2D eigenvalue weighted by Gasteiger charge is -2.14. The van der Waals surface area contributed by atoms with Gasteiger partial charge in [-0.3, -0.25) is 0 Å². The summed E-state index contributed by atoms with van der Waals surface area (Å²) < 4.78 is 12.8. The van der Waals surface area contributed by atoms with Gasteiger partial charge in [0.25, 0.3) is 0 Å². The van der Waals surface area contributed by atoms with Gasteiger partial charge in [-0.2, -0.15) is 0 Å². The summed E-state index contributed by atoms with van der Waals surface area (Å²) in [5.41, 5.74) is 1.40. The topological polar surface area (TPSA) is 22.3 Å². The highest BCUT2D eigenvalue weighted by molar-refractivity contribution is 5.11. The van der Waals surface area contributed by atoms with E-state index in [0.29, 0.717) is 11.8 Å². The van der Waals surface area contributed by atoms with E-state index in [4.69, 9.17) is 9.47 Å². The molecule has 0 saturated carbocycles. The summed E-state index contributed by atoms with van der Waals surface area (Å²) in [6.07, 6.45) is 5.31. The number of methoxy groups -OCH3 is 1. The SMILES string of the molecule is COCCCOCC[n+]1cccc(C(C)C(C)C)c1. The molecule has 0 fully saturated rings. The standard InChI is InChI=1S/C16H28NO2/c1-14(2)15(3)16-7-5-8-17(13-16)9-12-19-11-6-10-18-4/h5,7-8,13-15H,6,9-12H2,1-4H3/q+1. The maximum absolute atomic E-state index is 5.59. The average molecular weight is 266 g/mol. The van der Waals surface area contributed by atoms with Crippen molar-refractivity contribution in [3.05, 3.63) is 30.1 Å². The second-order valence-electron chi connectivity index (χ2n) is 5.37. The van der Waals surface area contributed by atoms with Gasteiger partial charge in [0.1, 0.15) is 6.61 Å². The van der Waals surface area contributed by atoms with Crippen LogP contribution in [0, 0.1) is 5.92 Å². The minimum atomic E-state index is 0.593. The van der Waals surface area contributed by atoms with Crippen molar-refractivity contribution in [1.82, 2.24) is 0 Å². The molecule has 1 heterocycles. The Labute approximate surface area is 117 Å². The molecular formula is C16H28NO2+. The van der Waals surface area contributed by atoms with E-state index >= 15 is 0 Å². The van der Waals surface area contributed by atoms with Crippen molar-refractivity contribution in [2.24, 2.45) is 5.92 Å². The second-order valence-corrected chi connectivity index (χ2v) is 5.37. The van der Waals surface area contributed by atoms with E-state index in [9.17, 15) is 0 Å². The van der Waals surface area contributed by atoms with Gasteiger partial charge >= 0.3 is 0 Å². The van der Waals surface area contributed by atoms with Crippen LogP contribution in [0.25, 0.3) is 0 Å². The molecule has 0 N–H and O–H groups in total. The van der Waals surface area contributed by atoms with Crippen molar-refractivity contribution >= 4 is 0 Å². The van der Waals surface area contributed by atoms with Gasteiger partial charge in [-0.25, -0.2) is 4.57 Å². The van der Waals surface area contributed by atoms with Crippen molar-refractivity contribution < 1.29 is 14.0 Å². The molecule has 0 aliphatic heterocycles. The molecule has 0 aliphatic rings. The number of aromatic nitrogens is 1. The molecule has 1 aromatic heterocycles. The van der Waals surface area contributed by atoms with Gasteiger partial charge in [-0.05, 0) is 24.3 Å². The molecule has 3 heteroatoms. The Morgan fingerprint density at radius 1 is 1.16 bits per heavy atom. The van der Waals surface area contributed by atoms with Crippen molar-refractivity contribution in [3.8, 4) is 0 Å². The smallest absolute Gasteiger partial charge is 0.172 e. The van der Waals surface area contributed by atoms with E-state index in [-0.39, 0.29) is 0 Å². The molecule has 0 radical (unpaired) electrons. The van der Waals surface area contributed by atoms with Crippen LogP contribution in [-0.2, 0) is 16.0 Å². The lowest BCUT2D eigenvalue weighted by atomic mass is 9.91. The minimum Gasteiger partial charge on any atom is -0.385 e. The summed E-state index contributed by atoms with van der Waals surface area (Å²) in [6, 6.07) is 4.33. The second kappa shape index (κ2) is 9.05. The van der Waals surface area contributed by atoms with E-state index < -0.39 is 0 Å². The molecule has 1 aromatic rings. The molecule has 0 saturated heterocycles. The molecule has 0 bridgehead atoms. The van der Waals surface area contributed by atoms with E-state index in [1.54, 1.807) is 7.11 Å². The Morgan fingerprint density at radius 3 is 2.63 bits per heavy atom. The maximum Gasteiger partial charge on any atom is 0.172 e. The third-order valence-corrected chi connectivity index (χ3v) is 3.54. The van der Waals surface area contributed by atoms with Gasteiger partial charge in [0.15, 0.2) is 18.9 Å². The Morgan fingerprint density at radius 2 is 1.95 bits per heavy atom. The third-order valence-electron chi connectivity index (χ3n) is 3.54.